The molecule has 1 amide bonds. The van der Waals surface area contributed by atoms with Gasteiger partial charge in [0.25, 0.3) is 0 Å². The molecule has 2 rings (SSSR count). The molecule has 6 heteroatoms. The number of carbonyl (C=O) groups is 2. The highest BCUT2D eigenvalue weighted by atomic mass is 32.2. The van der Waals surface area contributed by atoms with Crippen LogP contribution in [0.15, 0.2) is 22.4 Å². The Hall–Kier alpha value is -1.43. The molecule has 1 fully saturated rings. The quantitative estimate of drug-likeness (QED) is 0.623. The van der Waals surface area contributed by atoms with E-state index in [1.54, 1.807) is 24.9 Å². The van der Waals surface area contributed by atoms with E-state index in [9.17, 15) is 9.59 Å². The van der Waals surface area contributed by atoms with Crippen LogP contribution in [0.2, 0.25) is 0 Å². The molecular formula is C13H18N2O3S. The molecule has 0 aromatic carbocycles. The fourth-order valence-corrected chi connectivity index (χ4v) is 3.32. The summed E-state index contributed by atoms with van der Waals surface area (Å²) in [6.07, 6.45) is 2.16. The van der Waals surface area contributed by atoms with Crippen molar-refractivity contribution >= 4 is 23.6 Å². The summed E-state index contributed by atoms with van der Waals surface area (Å²) in [5.74, 6) is 0.373. The number of fused-ring (bicyclic) bond motifs is 1. The van der Waals surface area contributed by atoms with E-state index in [1.807, 2.05) is 18.7 Å². The number of amides is 1. The van der Waals surface area contributed by atoms with Gasteiger partial charge in [0, 0.05) is 37.5 Å². The van der Waals surface area contributed by atoms with E-state index < -0.39 is 0 Å². The Kier molecular flexibility index (Phi) is 4.19. The first-order valence-corrected chi connectivity index (χ1v) is 7.28. The number of likely N-dealkylation sites (N-methyl/N-ethyl adjacent to an activating group) is 1. The van der Waals surface area contributed by atoms with E-state index in [0.29, 0.717) is 6.42 Å². The Morgan fingerprint density at radius 2 is 2.21 bits per heavy atom. The van der Waals surface area contributed by atoms with Crippen LogP contribution in [0.5, 0.6) is 0 Å². The number of thioether (sulfide) groups is 1. The smallest absolute Gasteiger partial charge is 0.336 e. The number of esters is 1. The molecule has 0 spiro atoms. The van der Waals surface area contributed by atoms with Crippen LogP contribution < -0.4 is 5.32 Å². The van der Waals surface area contributed by atoms with Crippen molar-refractivity contribution in [3.63, 3.8) is 0 Å². The first kappa shape index (κ1) is 14.0. The highest BCUT2D eigenvalue weighted by molar-refractivity contribution is 8.03. The predicted octanol–water partition coefficient (Wildman–Crippen LogP) is 1.23. The number of ether oxygens (including phenoxy) is 1. The molecule has 1 saturated heterocycles. The topological polar surface area (TPSA) is 58.6 Å². The van der Waals surface area contributed by atoms with Crippen molar-refractivity contribution < 1.29 is 14.3 Å². The van der Waals surface area contributed by atoms with Gasteiger partial charge in [-0.25, -0.2) is 4.79 Å². The number of hydrogen-bond donors (Lipinski definition) is 1. The Morgan fingerprint density at radius 1 is 1.47 bits per heavy atom. The van der Waals surface area contributed by atoms with E-state index in [2.05, 4.69) is 5.32 Å². The van der Waals surface area contributed by atoms with Gasteiger partial charge in [-0.3, -0.25) is 4.79 Å². The van der Waals surface area contributed by atoms with Gasteiger partial charge in [0.2, 0.25) is 5.91 Å². The zero-order chi connectivity index (χ0) is 14.0. The standard InChI is InChI=1S/C13H18N2O3S/c1-8(2)18-13(17)10-4-5-15-9(6-11(16)14-3)7-19-12(10)15/h6,8H,4-5,7H2,1-3H3,(H,14,16)/b9-6-. The van der Waals surface area contributed by atoms with E-state index in [-0.39, 0.29) is 18.0 Å². The van der Waals surface area contributed by atoms with Gasteiger partial charge >= 0.3 is 5.97 Å². The third-order valence-corrected chi connectivity index (χ3v) is 4.11. The second kappa shape index (κ2) is 5.69. The largest absolute Gasteiger partial charge is 0.460 e. The molecule has 2 aliphatic rings. The fourth-order valence-electron chi connectivity index (χ4n) is 2.07. The fraction of sp³-hybridized carbons (Fsp3) is 0.538. The molecule has 19 heavy (non-hydrogen) atoms. The Morgan fingerprint density at radius 3 is 2.84 bits per heavy atom. The van der Waals surface area contributed by atoms with Crippen LogP contribution in [-0.2, 0) is 14.3 Å². The average Bonchev–Trinajstić information content (AvgIpc) is 2.90. The second-order valence-corrected chi connectivity index (χ2v) is 5.64. The summed E-state index contributed by atoms with van der Waals surface area (Å²) in [4.78, 5) is 25.4. The van der Waals surface area contributed by atoms with Crippen molar-refractivity contribution in [1.29, 1.82) is 0 Å². The normalized spacial score (nSPS) is 20.2. The first-order chi connectivity index (χ1) is 9.02. The molecule has 104 valence electrons. The van der Waals surface area contributed by atoms with Gasteiger partial charge in [0.15, 0.2) is 0 Å². The summed E-state index contributed by atoms with van der Waals surface area (Å²) in [6, 6.07) is 0. The maximum atomic E-state index is 12.0. The van der Waals surface area contributed by atoms with Crippen LogP contribution in [0.25, 0.3) is 0 Å². The molecule has 0 atom stereocenters. The summed E-state index contributed by atoms with van der Waals surface area (Å²) in [5, 5.41) is 3.52. The van der Waals surface area contributed by atoms with E-state index >= 15 is 0 Å². The van der Waals surface area contributed by atoms with Crippen LogP contribution in [0.3, 0.4) is 0 Å². The summed E-state index contributed by atoms with van der Waals surface area (Å²) in [6.45, 7) is 4.43. The summed E-state index contributed by atoms with van der Waals surface area (Å²) < 4.78 is 5.24. The number of nitrogens with one attached hydrogen (secondary N) is 1. The molecule has 0 aromatic heterocycles. The lowest BCUT2D eigenvalue weighted by Crippen LogP contribution is -2.19. The van der Waals surface area contributed by atoms with E-state index in [1.165, 1.54) is 0 Å². The molecule has 0 aliphatic carbocycles. The van der Waals surface area contributed by atoms with Crippen LogP contribution in [-0.4, -0.2) is 42.2 Å². The van der Waals surface area contributed by atoms with Gasteiger partial charge in [-0.05, 0) is 13.8 Å². The molecule has 0 bridgehead atoms. The van der Waals surface area contributed by atoms with Crippen molar-refractivity contribution in [2.45, 2.75) is 26.4 Å². The van der Waals surface area contributed by atoms with Crippen molar-refractivity contribution in [3.05, 3.63) is 22.4 Å². The molecule has 0 radical (unpaired) electrons. The lowest BCUT2D eigenvalue weighted by Gasteiger charge is -2.14. The lowest BCUT2D eigenvalue weighted by atomic mass is 10.2. The Labute approximate surface area is 117 Å². The van der Waals surface area contributed by atoms with Gasteiger partial charge in [-0.1, -0.05) is 0 Å². The first-order valence-electron chi connectivity index (χ1n) is 6.29. The van der Waals surface area contributed by atoms with Gasteiger partial charge in [-0.2, -0.15) is 0 Å². The maximum Gasteiger partial charge on any atom is 0.336 e. The Bertz CT molecular complexity index is 469. The molecular weight excluding hydrogens is 264 g/mol. The number of hydrogen-bond acceptors (Lipinski definition) is 5. The zero-order valence-corrected chi connectivity index (χ0v) is 12.2. The SMILES string of the molecule is CNC(=O)/C=C1/CSC2=C(C(=O)OC(C)C)CCN21. The maximum absolute atomic E-state index is 12.0. The highest BCUT2D eigenvalue weighted by Gasteiger charge is 2.35. The molecule has 0 aromatic rings. The average molecular weight is 282 g/mol. The summed E-state index contributed by atoms with van der Waals surface area (Å²) in [7, 11) is 1.60. The minimum Gasteiger partial charge on any atom is -0.460 e. The Balaban J connectivity index is 2.16. The molecule has 1 N–H and O–H groups in total. The van der Waals surface area contributed by atoms with Crippen molar-refractivity contribution in [2.24, 2.45) is 0 Å². The van der Waals surface area contributed by atoms with Crippen molar-refractivity contribution in [2.75, 3.05) is 19.3 Å². The van der Waals surface area contributed by atoms with Gasteiger partial charge in [0.1, 0.15) is 0 Å². The van der Waals surface area contributed by atoms with Crippen molar-refractivity contribution in [1.82, 2.24) is 10.2 Å². The van der Waals surface area contributed by atoms with Crippen LogP contribution in [0.4, 0.5) is 0 Å². The number of rotatable bonds is 3. The number of nitrogens with zero attached hydrogens (tertiary/aromatic N) is 1. The summed E-state index contributed by atoms with van der Waals surface area (Å²) >= 11 is 1.59. The zero-order valence-electron chi connectivity index (χ0n) is 11.4. The molecule has 5 nitrogen and oxygen atoms in total. The van der Waals surface area contributed by atoms with E-state index in [4.69, 9.17) is 4.74 Å². The van der Waals surface area contributed by atoms with Crippen LogP contribution in [0, 0.1) is 0 Å². The van der Waals surface area contributed by atoms with Crippen LogP contribution >= 0.6 is 11.8 Å². The van der Waals surface area contributed by atoms with Gasteiger partial charge < -0.3 is 15.0 Å². The predicted molar refractivity (Wildman–Crippen MR) is 74.2 cm³/mol. The minimum atomic E-state index is -0.235. The molecule has 0 saturated carbocycles. The third-order valence-electron chi connectivity index (χ3n) is 2.93. The van der Waals surface area contributed by atoms with Crippen molar-refractivity contribution in [3.8, 4) is 0 Å². The van der Waals surface area contributed by atoms with E-state index in [0.717, 1.165) is 28.6 Å². The van der Waals surface area contributed by atoms with Gasteiger partial charge in [-0.15, -0.1) is 11.8 Å². The summed E-state index contributed by atoms with van der Waals surface area (Å²) in [5.41, 5.74) is 1.69. The molecule has 2 heterocycles. The monoisotopic (exact) mass is 282 g/mol. The number of carbonyl (C=O) groups excluding carboxylic acids is 2. The molecule has 2 aliphatic heterocycles. The van der Waals surface area contributed by atoms with Gasteiger partial charge in [0.05, 0.1) is 16.7 Å². The van der Waals surface area contributed by atoms with Crippen LogP contribution in [0.1, 0.15) is 20.3 Å². The lowest BCUT2D eigenvalue weighted by molar-refractivity contribution is -0.142. The highest BCUT2D eigenvalue weighted by Crippen LogP contribution is 2.42. The third kappa shape index (κ3) is 2.94. The molecule has 0 unspecified atom stereocenters. The minimum absolute atomic E-state index is 0.109. The second-order valence-electron chi connectivity index (χ2n) is 4.68.